The van der Waals surface area contributed by atoms with Crippen molar-refractivity contribution in [2.24, 2.45) is 5.73 Å². The molecule has 3 N–H and O–H groups in total. The van der Waals surface area contributed by atoms with Gasteiger partial charge in [0.2, 0.25) is 5.91 Å². The highest BCUT2D eigenvalue weighted by atomic mass is 16.2. The van der Waals surface area contributed by atoms with Gasteiger partial charge in [0.05, 0.1) is 11.4 Å². The molecular formula is C25H24N4O3. The fourth-order valence-electron chi connectivity index (χ4n) is 3.88. The average molecular weight is 428 g/mol. The molecule has 1 aliphatic heterocycles. The lowest BCUT2D eigenvalue weighted by atomic mass is 10.0. The fourth-order valence-corrected chi connectivity index (χ4v) is 3.88. The van der Waals surface area contributed by atoms with Crippen molar-refractivity contribution in [1.29, 1.82) is 0 Å². The van der Waals surface area contributed by atoms with Gasteiger partial charge in [-0.15, -0.1) is 0 Å². The number of carbonyl (C=O) groups is 3. The molecule has 2 amide bonds. The molecule has 0 spiro atoms. The van der Waals surface area contributed by atoms with Crippen LogP contribution in [0.15, 0.2) is 60.8 Å². The van der Waals surface area contributed by atoms with Gasteiger partial charge < -0.3 is 16.0 Å². The molecule has 162 valence electrons. The molecule has 0 saturated carbocycles. The SMILES string of the molecule is NC(=O)c1ccnc(-c2cc(N3CCCCC3)ccc2NC(=O)c2cccc(C=O)c2)c1. The van der Waals surface area contributed by atoms with Crippen molar-refractivity contribution in [1.82, 2.24) is 4.98 Å². The fraction of sp³-hybridized carbons (Fsp3) is 0.200. The summed E-state index contributed by atoms with van der Waals surface area (Å²) < 4.78 is 0. The number of hydrogen-bond donors (Lipinski definition) is 2. The van der Waals surface area contributed by atoms with E-state index in [4.69, 9.17) is 5.73 Å². The quantitative estimate of drug-likeness (QED) is 0.579. The van der Waals surface area contributed by atoms with Gasteiger partial charge in [-0.2, -0.15) is 0 Å². The summed E-state index contributed by atoms with van der Waals surface area (Å²) in [6.45, 7) is 1.94. The number of amides is 2. The normalized spacial score (nSPS) is 13.4. The minimum absolute atomic E-state index is 0.341. The second-order valence-corrected chi connectivity index (χ2v) is 7.77. The number of piperidine rings is 1. The Kier molecular flexibility index (Phi) is 6.26. The molecule has 0 radical (unpaired) electrons. The summed E-state index contributed by atoms with van der Waals surface area (Å²) in [7, 11) is 0. The van der Waals surface area contributed by atoms with Gasteiger partial charge in [-0.3, -0.25) is 19.4 Å². The van der Waals surface area contributed by atoms with Crippen LogP contribution in [0.4, 0.5) is 11.4 Å². The average Bonchev–Trinajstić information content (AvgIpc) is 2.85. The van der Waals surface area contributed by atoms with Crippen LogP contribution in [0.25, 0.3) is 11.3 Å². The summed E-state index contributed by atoms with van der Waals surface area (Å²) in [5.74, 6) is -0.885. The number of anilines is 2. The molecule has 4 rings (SSSR count). The van der Waals surface area contributed by atoms with Crippen molar-refractivity contribution in [2.45, 2.75) is 19.3 Å². The molecule has 7 nitrogen and oxygen atoms in total. The first-order valence-electron chi connectivity index (χ1n) is 10.6. The first-order valence-corrected chi connectivity index (χ1v) is 10.6. The molecule has 2 aromatic carbocycles. The molecule has 1 fully saturated rings. The van der Waals surface area contributed by atoms with E-state index in [2.05, 4.69) is 15.2 Å². The molecular weight excluding hydrogens is 404 g/mol. The standard InChI is InChI=1S/C25H24N4O3/c26-24(31)18-9-10-27-23(14-18)21-15-20(29-11-2-1-3-12-29)7-8-22(21)28-25(32)19-6-4-5-17(13-19)16-30/h4-10,13-16H,1-3,11-12H2,(H2,26,31)(H,28,32). The van der Waals surface area contributed by atoms with E-state index >= 15 is 0 Å². The number of nitrogens with two attached hydrogens (primary N) is 1. The maximum absolute atomic E-state index is 12.9. The molecule has 0 bridgehead atoms. The monoisotopic (exact) mass is 428 g/mol. The largest absolute Gasteiger partial charge is 0.372 e. The zero-order valence-corrected chi connectivity index (χ0v) is 17.6. The number of carbonyl (C=O) groups excluding carboxylic acids is 3. The molecule has 2 heterocycles. The van der Waals surface area contributed by atoms with Gasteiger partial charge in [0, 0.05) is 47.2 Å². The van der Waals surface area contributed by atoms with Crippen LogP contribution in [0.3, 0.4) is 0 Å². The van der Waals surface area contributed by atoms with Crippen molar-refractivity contribution >= 4 is 29.5 Å². The second-order valence-electron chi connectivity index (χ2n) is 7.77. The summed E-state index contributed by atoms with van der Waals surface area (Å²) in [4.78, 5) is 42.4. The Hall–Kier alpha value is -4.00. The second kappa shape index (κ2) is 9.43. The molecule has 0 unspecified atom stereocenters. The summed E-state index contributed by atoms with van der Waals surface area (Å²) in [5, 5.41) is 2.93. The van der Waals surface area contributed by atoms with Gasteiger partial charge in [0.15, 0.2) is 0 Å². The van der Waals surface area contributed by atoms with Gasteiger partial charge in [-0.05, 0) is 61.7 Å². The van der Waals surface area contributed by atoms with Gasteiger partial charge >= 0.3 is 0 Å². The third kappa shape index (κ3) is 4.67. The number of rotatable bonds is 6. The first kappa shape index (κ1) is 21.2. The number of aromatic nitrogens is 1. The lowest BCUT2D eigenvalue weighted by molar-refractivity contribution is 0.0997. The zero-order valence-electron chi connectivity index (χ0n) is 17.6. The Balaban J connectivity index is 1.73. The van der Waals surface area contributed by atoms with Crippen LogP contribution >= 0.6 is 0 Å². The van der Waals surface area contributed by atoms with E-state index in [0.717, 1.165) is 31.6 Å². The van der Waals surface area contributed by atoms with E-state index in [9.17, 15) is 14.4 Å². The van der Waals surface area contributed by atoms with Gasteiger partial charge in [0.25, 0.3) is 5.91 Å². The molecule has 0 atom stereocenters. The summed E-state index contributed by atoms with van der Waals surface area (Å²) in [6.07, 6.45) is 5.73. The van der Waals surface area contributed by atoms with Crippen LogP contribution in [0.5, 0.6) is 0 Å². The van der Waals surface area contributed by atoms with E-state index in [-0.39, 0.29) is 5.91 Å². The van der Waals surface area contributed by atoms with Gasteiger partial charge in [0.1, 0.15) is 6.29 Å². The van der Waals surface area contributed by atoms with Crippen LogP contribution in [0, 0.1) is 0 Å². The van der Waals surface area contributed by atoms with Crippen LogP contribution < -0.4 is 16.0 Å². The van der Waals surface area contributed by atoms with Crippen molar-refractivity contribution in [2.75, 3.05) is 23.3 Å². The maximum atomic E-state index is 12.9. The lowest BCUT2D eigenvalue weighted by Gasteiger charge is -2.29. The number of hydrogen-bond acceptors (Lipinski definition) is 5. The summed E-state index contributed by atoms with van der Waals surface area (Å²) in [6, 6.07) is 15.5. The van der Waals surface area contributed by atoms with E-state index in [1.165, 1.54) is 18.7 Å². The van der Waals surface area contributed by atoms with Gasteiger partial charge in [-0.25, -0.2) is 0 Å². The topological polar surface area (TPSA) is 105 Å². The van der Waals surface area contributed by atoms with Crippen molar-refractivity contribution in [3.8, 4) is 11.3 Å². The number of nitrogens with zero attached hydrogens (tertiary/aromatic N) is 2. The molecule has 1 aliphatic rings. The Labute approximate surface area is 186 Å². The van der Waals surface area contributed by atoms with Crippen LogP contribution in [-0.2, 0) is 0 Å². The predicted octanol–water partition coefficient (Wildman–Crippen LogP) is 3.90. The molecule has 3 aromatic rings. The van der Waals surface area contributed by atoms with Crippen LogP contribution in [0.1, 0.15) is 50.3 Å². The molecule has 32 heavy (non-hydrogen) atoms. The number of benzene rings is 2. The molecule has 0 aliphatic carbocycles. The Morgan fingerprint density at radius 1 is 0.969 bits per heavy atom. The van der Waals surface area contributed by atoms with E-state index in [0.29, 0.717) is 39.9 Å². The van der Waals surface area contributed by atoms with Crippen LogP contribution in [-0.4, -0.2) is 36.2 Å². The third-order valence-corrected chi connectivity index (χ3v) is 5.58. The number of aldehydes is 1. The molecule has 1 saturated heterocycles. The Morgan fingerprint density at radius 3 is 2.53 bits per heavy atom. The number of primary amides is 1. The minimum Gasteiger partial charge on any atom is -0.372 e. The smallest absolute Gasteiger partial charge is 0.255 e. The minimum atomic E-state index is -0.544. The van der Waals surface area contributed by atoms with Crippen LogP contribution in [0.2, 0.25) is 0 Å². The number of pyridine rings is 1. The highest BCUT2D eigenvalue weighted by Crippen LogP contribution is 2.33. The maximum Gasteiger partial charge on any atom is 0.255 e. The zero-order chi connectivity index (χ0) is 22.5. The molecule has 7 heteroatoms. The number of nitrogens with one attached hydrogen (secondary N) is 1. The Morgan fingerprint density at radius 2 is 1.78 bits per heavy atom. The molecule has 1 aromatic heterocycles. The lowest BCUT2D eigenvalue weighted by Crippen LogP contribution is -2.29. The van der Waals surface area contributed by atoms with Gasteiger partial charge in [-0.1, -0.05) is 12.1 Å². The highest BCUT2D eigenvalue weighted by molar-refractivity contribution is 6.07. The van der Waals surface area contributed by atoms with Crippen molar-refractivity contribution < 1.29 is 14.4 Å². The predicted molar refractivity (Wildman–Crippen MR) is 124 cm³/mol. The summed E-state index contributed by atoms with van der Waals surface area (Å²) >= 11 is 0. The highest BCUT2D eigenvalue weighted by Gasteiger charge is 2.17. The van der Waals surface area contributed by atoms with Crippen molar-refractivity contribution in [3.63, 3.8) is 0 Å². The van der Waals surface area contributed by atoms with E-state index < -0.39 is 5.91 Å². The Bertz CT molecular complexity index is 1170. The van der Waals surface area contributed by atoms with E-state index in [1.807, 2.05) is 18.2 Å². The van der Waals surface area contributed by atoms with E-state index in [1.54, 1.807) is 30.3 Å². The van der Waals surface area contributed by atoms with Crippen molar-refractivity contribution in [3.05, 3.63) is 77.5 Å². The summed E-state index contributed by atoms with van der Waals surface area (Å²) in [5.41, 5.74) is 9.42. The first-order chi connectivity index (χ1) is 15.5. The third-order valence-electron chi connectivity index (χ3n) is 5.58.